The van der Waals surface area contributed by atoms with Gasteiger partial charge in [0.25, 0.3) is 0 Å². The van der Waals surface area contributed by atoms with Crippen molar-refractivity contribution in [1.29, 1.82) is 0 Å². The van der Waals surface area contributed by atoms with Crippen LogP contribution in [0.25, 0.3) is 0 Å². The average molecular weight is 195 g/mol. The Balaban J connectivity index is 1.79. The molecule has 0 saturated heterocycles. The van der Waals surface area contributed by atoms with Crippen molar-refractivity contribution >= 4 is 0 Å². The molecule has 0 bridgehead atoms. The molecule has 2 aliphatic carbocycles. The first-order valence-electron chi connectivity index (χ1n) is 6.33. The number of hydrogen-bond acceptors (Lipinski definition) is 1. The molecule has 0 aromatic rings. The van der Waals surface area contributed by atoms with Gasteiger partial charge in [0.05, 0.1) is 0 Å². The number of hydrogen-bond donors (Lipinski definition) is 1. The second kappa shape index (κ2) is 3.84. The fourth-order valence-electron chi connectivity index (χ4n) is 2.94. The van der Waals surface area contributed by atoms with Crippen molar-refractivity contribution in [2.75, 3.05) is 0 Å². The lowest BCUT2D eigenvalue weighted by molar-refractivity contribution is 0.187. The third-order valence-electron chi connectivity index (χ3n) is 4.03. The van der Waals surface area contributed by atoms with E-state index < -0.39 is 0 Å². The van der Waals surface area contributed by atoms with Gasteiger partial charge >= 0.3 is 0 Å². The van der Waals surface area contributed by atoms with E-state index in [9.17, 15) is 0 Å². The van der Waals surface area contributed by atoms with Gasteiger partial charge in [-0.05, 0) is 50.4 Å². The maximum atomic E-state index is 3.84. The van der Waals surface area contributed by atoms with Gasteiger partial charge in [0, 0.05) is 12.1 Å². The van der Waals surface area contributed by atoms with Gasteiger partial charge in [0.1, 0.15) is 0 Å². The quantitative estimate of drug-likeness (QED) is 0.728. The Morgan fingerprint density at radius 2 is 1.93 bits per heavy atom. The van der Waals surface area contributed by atoms with Crippen LogP contribution < -0.4 is 5.32 Å². The molecule has 82 valence electrons. The van der Waals surface area contributed by atoms with E-state index in [0.717, 1.165) is 18.0 Å². The summed E-state index contributed by atoms with van der Waals surface area (Å²) >= 11 is 0. The van der Waals surface area contributed by atoms with Gasteiger partial charge in [-0.25, -0.2) is 0 Å². The van der Waals surface area contributed by atoms with Crippen molar-refractivity contribution in [2.45, 2.75) is 71.4 Å². The van der Waals surface area contributed by atoms with Crippen molar-refractivity contribution in [1.82, 2.24) is 5.32 Å². The average Bonchev–Trinajstić information content (AvgIpc) is 2.83. The lowest BCUT2D eigenvalue weighted by atomic mass is 9.75. The molecule has 0 heterocycles. The molecule has 0 amide bonds. The minimum atomic E-state index is 0.583. The van der Waals surface area contributed by atoms with Crippen LogP contribution in [0.15, 0.2) is 0 Å². The summed E-state index contributed by atoms with van der Waals surface area (Å²) in [7, 11) is 0. The van der Waals surface area contributed by atoms with Crippen LogP contribution in [-0.4, -0.2) is 12.1 Å². The summed E-state index contributed by atoms with van der Waals surface area (Å²) in [5.41, 5.74) is 0.583. The topological polar surface area (TPSA) is 12.0 Å². The minimum Gasteiger partial charge on any atom is -0.311 e. The molecule has 1 heteroatoms. The highest BCUT2D eigenvalue weighted by molar-refractivity contribution is 4.89. The van der Waals surface area contributed by atoms with Gasteiger partial charge in [-0.2, -0.15) is 0 Å². The molecular weight excluding hydrogens is 170 g/mol. The molecule has 2 fully saturated rings. The fraction of sp³-hybridized carbons (Fsp3) is 1.00. The number of rotatable bonds is 3. The lowest BCUT2D eigenvalue weighted by Crippen LogP contribution is -2.42. The van der Waals surface area contributed by atoms with E-state index in [2.05, 4.69) is 26.1 Å². The summed E-state index contributed by atoms with van der Waals surface area (Å²) in [4.78, 5) is 0. The largest absolute Gasteiger partial charge is 0.311 e. The van der Waals surface area contributed by atoms with Crippen LogP contribution in [0.1, 0.15) is 59.3 Å². The minimum absolute atomic E-state index is 0.583. The van der Waals surface area contributed by atoms with Gasteiger partial charge < -0.3 is 5.32 Å². The van der Waals surface area contributed by atoms with Gasteiger partial charge in [-0.3, -0.25) is 0 Å². The van der Waals surface area contributed by atoms with Crippen molar-refractivity contribution in [3.8, 4) is 0 Å². The Kier molecular flexibility index (Phi) is 2.88. The summed E-state index contributed by atoms with van der Waals surface area (Å²) in [5, 5.41) is 3.84. The SMILES string of the molecule is CC(NC1CCCC(C)(C)C1)C1CC1. The zero-order valence-corrected chi connectivity index (χ0v) is 9.97. The van der Waals surface area contributed by atoms with E-state index in [4.69, 9.17) is 0 Å². The maximum absolute atomic E-state index is 3.84. The Morgan fingerprint density at radius 1 is 1.21 bits per heavy atom. The standard InChI is InChI=1S/C13H25N/c1-10(11-6-7-11)14-12-5-4-8-13(2,3)9-12/h10-12,14H,4-9H2,1-3H3. The van der Waals surface area contributed by atoms with Crippen LogP contribution in [-0.2, 0) is 0 Å². The summed E-state index contributed by atoms with van der Waals surface area (Å²) in [6, 6.07) is 1.57. The van der Waals surface area contributed by atoms with Crippen molar-refractivity contribution in [3.05, 3.63) is 0 Å². The summed E-state index contributed by atoms with van der Waals surface area (Å²) in [6.07, 6.45) is 8.55. The molecule has 1 nitrogen and oxygen atoms in total. The highest BCUT2D eigenvalue weighted by atomic mass is 15.0. The first kappa shape index (κ1) is 10.5. The predicted octanol–water partition coefficient (Wildman–Crippen LogP) is 3.34. The molecule has 0 radical (unpaired) electrons. The molecule has 2 atom stereocenters. The first-order valence-corrected chi connectivity index (χ1v) is 6.33. The van der Waals surface area contributed by atoms with Crippen LogP contribution in [0.5, 0.6) is 0 Å². The molecule has 0 aromatic carbocycles. The van der Waals surface area contributed by atoms with E-state index in [-0.39, 0.29) is 0 Å². The number of nitrogens with one attached hydrogen (secondary N) is 1. The van der Waals surface area contributed by atoms with Gasteiger partial charge in [-0.15, -0.1) is 0 Å². The van der Waals surface area contributed by atoms with Crippen LogP contribution in [0, 0.1) is 11.3 Å². The highest BCUT2D eigenvalue weighted by Crippen LogP contribution is 2.37. The Hall–Kier alpha value is -0.0400. The lowest BCUT2D eigenvalue weighted by Gasteiger charge is -2.37. The molecule has 2 aliphatic rings. The predicted molar refractivity (Wildman–Crippen MR) is 61.4 cm³/mol. The first-order chi connectivity index (χ1) is 6.57. The fourth-order valence-corrected chi connectivity index (χ4v) is 2.94. The highest BCUT2D eigenvalue weighted by Gasteiger charge is 2.32. The molecule has 2 rings (SSSR count). The summed E-state index contributed by atoms with van der Waals surface area (Å²) in [6.45, 7) is 7.21. The maximum Gasteiger partial charge on any atom is 0.00747 e. The smallest absolute Gasteiger partial charge is 0.00747 e. The molecule has 2 saturated carbocycles. The van der Waals surface area contributed by atoms with Gasteiger partial charge in [0.15, 0.2) is 0 Å². The van der Waals surface area contributed by atoms with E-state index in [1.807, 2.05) is 0 Å². The van der Waals surface area contributed by atoms with Crippen molar-refractivity contribution < 1.29 is 0 Å². The molecular formula is C13H25N. The Bertz CT molecular complexity index is 193. The van der Waals surface area contributed by atoms with Crippen molar-refractivity contribution in [3.63, 3.8) is 0 Å². The van der Waals surface area contributed by atoms with Crippen LogP contribution >= 0.6 is 0 Å². The normalized spacial score (nSPS) is 34.1. The zero-order valence-electron chi connectivity index (χ0n) is 9.97. The van der Waals surface area contributed by atoms with Gasteiger partial charge in [0.2, 0.25) is 0 Å². The van der Waals surface area contributed by atoms with Gasteiger partial charge in [-0.1, -0.05) is 20.3 Å². The van der Waals surface area contributed by atoms with Crippen molar-refractivity contribution in [2.24, 2.45) is 11.3 Å². The molecule has 1 N–H and O–H groups in total. The molecule has 0 aromatic heterocycles. The van der Waals surface area contributed by atoms with Crippen LogP contribution in [0.3, 0.4) is 0 Å². The molecule has 0 spiro atoms. The van der Waals surface area contributed by atoms with E-state index in [1.165, 1.54) is 38.5 Å². The monoisotopic (exact) mass is 195 g/mol. The van der Waals surface area contributed by atoms with E-state index in [0.29, 0.717) is 5.41 Å². The molecule has 14 heavy (non-hydrogen) atoms. The molecule has 2 unspecified atom stereocenters. The molecule has 0 aliphatic heterocycles. The summed E-state index contributed by atoms with van der Waals surface area (Å²) in [5.74, 6) is 1.00. The Labute approximate surface area is 88.7 Å². The third-order valence-corrected chi connectivity index (χ3v) is 4.03. The third kappa shape index (κ3) is 2.73. The van der Waals surface area contributed by atoms with Crippen LogP contribution in [0.2, 0.25) is 0 Å². The summed E-state index contributed by atoms with van der Waals surface area (Å²) < 4.78 is 0. The van der Waals surface area contributed by atoms with E-state index in [1.54, 1.807) is 0 Å². The zero-order chi connectivity index (χ0) is 10.2. The Morgan fingerprint density at radius 3 is 2.50 bits per heavy atom. The second-order valence-corrected chi connectivity index (χ2v) is 6.25. The van der Waals surface area contributed by atoms with E-state index >= 15 is 0 Å². The second-order valence-electron chi connectivity index (χ2n) is 6.25. The van der Waals surface area contributed by atoms with Crippen LogP contribution in [0.4, 0.5) is 0 Å².